The average molecular weight is 269 g/mol. The van der Waals surface area contributed by atoms with Crippen LogP contribution in [-0.4, -0.2) is 9.55 Å². The van der Waals surface area contributed by atoms with Crippen molar-refractivity contribution in [3.05, 3.63) is 84.9 Å². The third kappa shape index (κ3) is 2.01. The SMILES string of the molecule is [c]1ccc2nc(-c3ccccc3)n(-c3ccccc3)c2c1. The topological polar surface area (TPSA) is 17.8 Å². The molecule has 0 N–H and O–H groups in total. The van der Waals surface area contributed by atoms with Gasteiger partial charge in [-0.25, -0.2) is 4.98 Å². The highest BCUT2D eigenvalue weighted by atomic mass is 15.1. The summed E-state index contributed by atoms with van der Waals surface area (Å²) in [7, 11) is 0. The van der Waals surface area contributed by atoms with Crippen LogP contribution in [0.1, 0.15) is 0 Å². The Kier molecular flexibility index (Phi) is 2.79. The summed E-state index contributed by atoms with van der Waals surface area (Å²) in [5.74, 6) is 0.955. The Morgan fingerprint density at radius 1 is 0.810 bits per heavy atom. The fraction of sp³-hybridized carbons (Fsp3) is 0. The summed E-state index contributed by atoms with van der Waals surface area (Å²) in [5, 5.41) is 0. The predicted octanol–water partition coefficient (Wildman–Crippen LogP) is 4.49. The first-order valence-corrected chi connectivity index (χ1v) is 6.93. The lowest BCUT2D eigenvalue weighted by Crippen LogP contribution is -1.96. The van der Waals surface area contributed by atoms with Crippen LogP contribution >= 0.6 is 0 Å². The molecule has 0 saturated heterocycles. The van der Waals surface area contributed by atoms with Crippen LogP contribution in [0.2, 0.25) is 0 Å². The minimum Gasteiger partial charge on any atom is -0.292 e. The Bertz CT molecular complexity index is 877. The van der Waals surface area contributed by atoms with Gasteiger partial charge in [0.2, 0.25) is 0 Å². The van der Waals surface area contributed by atoms with Crippen molar-refractivity contribution in [2.24, 2.45) is 0 Å². The summed E-state index contributed by atoms with van der Waals surface area (Å²) >= 11 is 0. The van der Waals surface area contributed by atoms with Gasteiger partial charge in [0.15, 0.2) is 0 Å². The van der Waals surface area contributed by atoms with E-state index in [0.717, 1.165) is 28.1 Å². The lowest BCUT2D eigenvalue weighted by molar-refractivity contribution is 1.10. The molecule has 21 heavy (non-hydrogen) atoms. The summed E-state index contributed by atoms with van der Waals surface area (Å²) in [6.45, 7) is 0. The fourth-order valence-electron chi connectivity index (χ4n) is 2.58. The first-order valence-electron chi connectivity index (χ1n) is 6.93. The first kappa shape index (κ1) is 11.9. The summed E-state index contributed by atoms with van der Waals surface area (Å²) in [5.41, 5.74) is 4.27. The molecule has 2 heteroatoms. The van der Waals surface area contributed by atoms with Gasteiger partial charge in [-0.15, -0.1) is 0 Å². The van der Waals surface area contributed by atoms with Crippen LogP contribution in [0.15, 0.2) is 78.9 Å². The van der Waals surface area contributed by atoms with Crippen LogP contribution in [0.4, 0.5) is 0 Å². The van der Waals surface area contributed by atoms with Crippen molar-refractivity contribution in [1.29, 1.82) is 0 Å². The van der Waals surface area contributed by atoms with E-state index in [4.69, 9.17) is 4.98 Å². The molecule has 0 atom stereocenters. The molecule has 3 aromatic carbocycles. The number of fused-ring (bicyclic) bond motifs is 1. The Morgan fingerprint density at radius 3 is 2.29 bits per heavy atom. The van der Waals surface area contributed by atoms with E-state index in [1.54, 1.807) is 0 Å². The van der Waals surface area contributed by atoms with Gasteiger partial charge in [-0.05, 0) is 30.3 Å². The molecule has 1 radical (unpaired) electrons. The van der Waals surface area contributed by atoms with E-state index in [9.17, 15) is 0 Å². The number of nitrogens with zero attached hydrogens (tertiary/aromatic N) is 2. The zero-order chi connectivity index (χ0) is 14.1. The van der Waals surface area contributed by atoms with E-state index in [2.05, 4.69) is 34.9 Å². The van der Waals surface area contributed by atoms with Gasteiger partial charge in [0.1, 0.15) is 5.82 Å². The van der Waals surface area contributed by atoms with Gasteiger partial charge in [0.05, 0.1) is 11.0 Å². The monoisotopic (exact) mass is 269 g/mol. The maximum Gasteiger partial charge on any atom is 0.145 e. The van der Waals surface area contributed by atoms with Crippen molar-refractivity contribution in [1.82, 2.24) is 9.55 Å². The summed E-state index contributed by atoms with van der Waals surface area (Å²) < 4.78 is 2.18. The first-order chi connectivity index (χ1) is 10.4. The highest BCUT2D eigenvalue weighted by molar-refractivity contribution is 5.83. The van der Waals surface area contributed by atoms with E-state index in [0.29, 0.717) is 0 Å². The van der Waals surface area contributed by atoms with Crippen molar-refractivity contribution >= 4 is 11.0 Å². The quantitative estimate of drug-likeness (QED) is 0.524. The van der Waals surface area contributed by atoms with E-state index >= 15 is 0 Å². The minimum atomic E-state index is 0.955. The van der Waals surface area contributed by atoms with Gasteiger partial charge in [-0.1, -0.05) is 54.6 Å². The maximum atomic E-state index is 4.80. The molecule has 0 unspecified atom stereocenters. The van der Waals surface area contributed by atoms with Gasteiger partial charge in [0, 0.05) is 11.3 Å². The van der Waals surface area contributed by atoms with Crippen LogP contribution in [-0.2, 0) is 0 Å². The highest BCUT2D eigenvalue weighted by Gasteiger charge is 2.13. The Balaban J connectivity index is 2.07. The van der Waals surface area contributed by atoms with Crippen LogP contribution in [0.5, 0.6) is 0 Å². The molecule has 99 valence electrons. The second-order valence-electron chi connectivity index (χ2n) is 4.89. The molecule has 0 fully saturated rings. The number of para-hydroxylation sites is 1. The van der Waals surface area contributed by atoms with Gasteiger partial charge >= 0.3 is 0 Å². The van der Waals surface area contributed by atoms with Crippen molar-refractivity contribution in [3.63, 3.8) is 0 Å². The normalized spacial score (nSPS) is 10.9. The molecule has 1 heterocycles. The van der Waals surface area contributed by atoms with Gasteiger partial charge < -0.3 is 0 Å². The Morgan fingerprint density at radius 2 is 1.52 bits per heavy atom. The summed E-state index contributed by atoms with van der Waals surface area (Å²) in [6, 6.07) is 29.6. The number of benzene rings is 3. The minimum absolute atomic E-state index is 0.955. The lowest BCUT2D eigenvalue weighted by atomic mass is 10.2. The number of rotatable bonds is 2. The molecule has 0 bridgehead atoms. The van der Waals surface area contributed by atoms with Crippen molar-refractivity contribution in [3.8, 4) is 17.1 Å². The maximum absolute atomic E-state index is 4.80. The highest BCUT2D eigenvalue weighted by Crippen LogP contribution is 2.28. The second kappa shape index (κ2) is 4.91. The van der Waals surface area contributed by atoms with Crippen LogP contribution in [0.3, 0.4) is 0 Å². The Labute approximate surface area is 123 Å². The average Bonchev–Trinajstić information content (AvgIpc) is 2.96. The van der Waals surface area contributed by atoms with Gasteiger partial charge in [-0.2, -0.15) is 0 Å². The number of imidazole rings is 1. The van der Waals surface area contributed by atoms with Crippen LogP contribution < -0.4 is 0 Å². The van der Waals surface area contributed by atoms with E-state index in [1.807, 2.05) is 54.6 Å². The molecule has 0 spiro atoms. The standard InChI is InChI=1S/C19H13N2/c1-3-9-15(10-4-1)19-20-17-13-7-8-14-18(17)21(19)16-11-5-2-6-12-16/h1-7,9-14H. The Hall–Kier alpha value is -2.87. The largest absolute Gasteiger partial charge is 0.292 e. The molecule has 0 aliphatic rings. The van der Waals surface area contributed by atoms with Gasteiger partial charge in [0.25, 0.3) is 0 Å². The molecule has 2 nitrogen and oxygen atoms in total. The molecule has 0 aliphatic carbocycles. The van der Waals surface area contributed by atoms with Gasteiger partial charge in [-0.3, -0.25) is 4.57 Å². The fourth-order valence-corrected chi connectivity index (χ4v) is 2.58. The van der Waals surface area contributed by atoms with Crippen LogP contribution in [0, 0.1) is 6.07 Å². The van der Waals surface area contributed by atoms with E-state index in [-0.39, 0.29) is 0 Å². The zero-order valence-electron chi connectivity index (χ0n) is 11.4. The third-order valence-corrected chi connectivity index (χ3v) is 3.55. The number of hydrogen-bond acceptors (Lipinski definition) is 1. The second-order valence-corrected chi connectivity index (χ2v) is 4.89. The molecule has 4 aromatic rings. The smallest absolute Gasteiger partial charge is 0.145 e. The number of hydrogen-bond donors (Lipinski definition) is 0. The molecule has 4 rings (SSSR count). The van der Waals surface area contributed by atoms with Crippen LogP contribution in [0.25, 0.3) is 28.1 Å². The number of aromatic nitrogens is 2. The van der Waals surface area contributed by atoms with Crippen molar-refractivity contribution in [2.45, 2.75) is 0 Å². The van der Waals surface area contributed by atoms with E-state index in [1.165, 1.54) is 0 Å². The third-order valence-electron chi connectivity index (χ3n) is 3.55. The molecule has 0 amide bonds. The zero-order valence-corrected chi connectivity index (χ0v) is 11.4. The molecule has 0 aliphatic heterocycles. The lowest BCUT2D eigenvalue weighted by Gasteiger charge is -2.09. The molecule has 0 saturated carbocycles. The van der Waals surface area contributed by atoms with Crippen molar-refractivity contribution in [2.75, 3.05) is 0 Å². The predicted molar refractivity (Wildman–Crippen MR) is 85.3 cm³/mol. The molecule has 1 aromatic heterocycles. The molecular weight excluding hydrogens is 256 g/mol. The summed E-state index contributed by atoms with van der Waals surface area (Å²) in [6.07, 6.45) is 0. The van der Waals surface area contributed by atoms with Crippen molar-refractivity contribution < 1.29 is 0 Å². The van der Waals surface area contributed by atoms with E-state index < -0.39 is 0 Å². The molecular formula is C19H13N2. The summed E-state index contributed by atoms with van der Waals surface area (Å²) in [4.78, 5) is 4.80.